The van der Waals surface area contributed by atoms with E-state index in [0.717, 1.165) is 18.2 Å². The maximum atomic E-state index is 12.3. The molecule has 0 heterocycles. The lowest BCUT2D eigenvalue weighted by Gasteiger charge is -2.07. The lowest BCUT2D eigenvalue weighted by Crippen LogP contribution is -1.96. The number of hydrogen-bond acceptors (Lipinski definition) is 3. The molecule has 11 heavy (non-hydrogen) atoms. The van der Waals surface area contributed by atoms with Crippen molar-refractivity contribution in [2.45, 2.75) is 4.90 Å². The molecular formula is C6H5FNO2S-. The average molecular weight is 174 g/mol. The first-order valence-electron chi connectivity index (χ1n) is 2.75. The van der Waals surface area contributed by atoms with Gasteiger partial charge in [-0.2, -0.15) is 0 Å². The lowest BCUT2D eigenvalue weighted by atomic mass is 10.3. The van der Waals surface area contributed by atoms with Crippen LogP contribution in [0.3, 0.4) is 0 Å². The molecular weight excluding hydrogens is 169 g/mol. The van der Waals surface area contributed by atoms with E-state index in [0.29, 0.717) is 0 Å². The molecule has 1 atom stereocenters. The van der Waals surface area contributed by atoms with Gasteiger partial charge >= 0.3 is 0 Å². The summed E-state index contributed by atoms with van der Waals surface area (Å²) < 4.78 is 33.0. The van der Waals surface area contributed by atoms with E-state index in [4.69, 9.17) is 5.73 Å². The Balaban J connectivity index is 3.20. The molecule has 0 amide bonds. The molecule has 0 saturated heterocycles. The normalized spacial score (nSPS) is 12.9. The molecule has 0 aromatic heterocycles. The third-order valence-electron chi connectivity index (χ3n) is 1.15. The van der Waals surface area contributed by atoms with Crippen LogP contribution in [0.4, 0.5) is 10.1 Å². The molecule has 0 radical (unpaired) electrons. The summed E-state index contributed by atoms with van der Waals surface area (Å²) in [6.07, 6.45) is 0. The molecule has 0 bridgehead atoms. The van der Waals surface area contributed by atoms with Crippen LogP contribution in [0, 0.1) is 5.82 Å². The highest BCUT2D eigenvalue weighted by atomic mass is 32.2. The molecule has 5 heteroatoms. The second kappa shape index (κ2) is 2.98. The van der Waals surface area contributed by atoms with Crippen LogP contribution in [0.2, 0.25) is 0 Å². The monoisotopic (exact) mass is 174 g/mol. The number of nitrogens with two attached hydrogens (primary N) is 1. The topological polar surface area (TPSA) is 66.2 Å². The molecule has 2 N–H and O–H groups in total. The molecule has 0 aliphatic heterocycles. The van der Waals surface area contributed by atoms with Crippen molar-refractivity contribution in [2.75, 3.05) is 5.73 Å². The van der Waals surface area contributed by atoms with Crippen molar-refractivity contribution < 1.29 is 13.2 Å². The minimum Gasteiger partial charge on any atom is -0.768 e. The van der Waals surface area contributed by atoms with Gasteiger partial charge in [0.05, 0.1) is 0 Å². The highest BCUT2D eigenvalue weighted by Crippen LogP contribution is 2.15. The summed E-state index contributed by atoms with van der Waals surface area (Å²) in [6, 6.07) is 3.13. The first-order chi connectivity index (χ1) is 5.11. The fourth-order valence-electron chi connectivity index (χ4n) is 0.671. The largest absolute Gasteiger partial charge is 0.768 e. The van der Waals surface area contributed by atoms with E-state index in [1.54, 1.807) is 0 Å². The van der Waals surface area contributed by atoms with E-state index >= 15 is 0 Å². The Morgan fingerprint density at radius 2 is 2.18 bits per heavy atom. The average Bonchev–Trinajstić information content (AvgIpc) is 1.85. The number of anilines is 1. The first kappa shape index (κ1) is 8.16. The van der Waals surface area contributed by atoms with Gasteiger partial charge in [0.1, 0.15) is 5.82 Å². The van der Waals surface area contributed by atoms with Gasteiger partial charge in [-0.1, -0.05) is 0 Å². The molecule has 1 aromatic rings. The Hall–Kier alpha value is -0.940. The molecule has 0 fully saturated rings. The highest BCUT2D eigenvalue weighted by molar-refractivity contribution is 7.79. The Kier molecular flexibility index (Phi) is 2.21. The summed E-state index contributed by atoms with van der Waals surface area (Å²) in [5.74, 6) is -0.545. The zero-order valence-electron chi connectivity index (χ0n) is 5.41. The number of halogens is 1. The van der Waals surface area contributed by atoms with Gasteiger partial charge in [0.25, 0.3) is 0 Å². The number of rotatable bonds is 1. The van der Waals surface area contributed by atoms with Crippen LogP contribution < -0.4 is 5.73 Å². The summed E-state index contributed by atoms with van der Waals surface area (Å²) in [6.45, 7) is 0. The minimum absolute atomic E-state index is 0.0710. The summed E-state index contributed by atoms with van der Waals surface area (Å²) >= 11 is -2.39. The Labute approximate surface area is 65.3 Å². The van der Waals surface area contributed by atoms with Gasteiger partial charge in [-0.05, 0) is 29.3 Å². The summed E-state index contributed by atoms with van der Waals surface area (Å²) in [7, 11) is 0. The molecule has 0 spiro atoms. The summed E-state index contributed by atoms with van der Waals surface area (Å²) in [5.41, 5.74) is 5.12. The van der Waals surface area contributed by atoms with Crippen molar-refractivity contribution in [2.24, 2.45) is 0 Å². The van der Waals surface area contributed by atoms with Gasteiger partial charge in [0, 0.05) is 10.6 Å². The minimum atomic E-state index is -2.39. The molecule has 0 aliphatic carbocycles. The number of hydrogen-bond donors (Lipinski definition) is 1. The predicted molar refractivity (Wildman–Crippen MR) is 38.0 cm³/mol. The number of nitrogen functional groups attached to an aromatic ring is 1. The van der Waals surface area contributed by atoms with Crippen LogP contribution in [0.15, 0.2) is 23.1 Å². The molecule has 1 unspecified atom stereocenters. The van der Waals surface area contributed by atoms with Gasteiger partial charge < -0.3 is 10.3 Å². The van der Waals surface area contributed by atoms with E-state index in [1.807, 2.05) is 0 Å². The van der Waals surface area contributed by atoms with Crippen LogP contribution >= 0.6 is 0 Å². The molecule has 1 rings (SSSR count). The maximum absolute atomic E-state index is 12.3. The van der Waals surface area contributed by atoms with Gasteiger partial charge in [-0.3, -0.25) is 4.21 Å². The molecule has 60 valence electrons. The van der Waals surface area contributed by atoms with Crippen LogP contribution in [0.5, 0.6) is 0 Å². The third kappa shape index (κ3) is 1.75. The SMILES string of the molecule is Nc1cc(F)ccc1S(=O)[O-]. The molecule has 0 saturated carbocycles. The Morgan fingerprint density at radius 1 is 1.55 bits per heavy atom. The van der Waals surface area contributed by atoms with Gasteiger partial charge in [0.2, 0.25) is 0 Å². The van der Waals surface area contributed by atoms with Crippen molar-refractivity contribution in [1.29, 1.82) is 0 Å². The molecule has 3 nitrogen and oxygen atoms in total. The fraction of sp³-hybridized carbons (Fsp3) is 0. The maximum Gasteiger partial charge on any atom is 0.125 e. The Bertz CT molecular complexity index is 303. The van der Waals surface area contributed by atoms with Gasteiger partial charge in [-0.25, -0.2) is 4.39 Å². The van der Waals surface area contributed by atoms with E-state index in [-0.39, 0.29) is 10.6 Å². The summed E-state index contributed by atoms with van der Waals surface area (Å²) in [5, 5.41) is 0. The second-order valence-corrected chi connectivity index (χ2v) is 2.83. The van der Waals surface area contributed by atoms with Crippen LogP contribution in [0.1, 0.15) is 0 Å². The second-order valence-electron chi connectivity index (χ2n) is 1.92. The summed E-state index contributed by atoms with van der Waals surface area (Å²) in [4.78, 5) is -0.0774. The smallest absolute Gasteiger partial charge is 0.125 e. The van der Waals surface area contributed by atoms with E-state index in [9.17, 15) is 13.2 Å². The predicted octanol–water partition coefficient (Wildman–Crippen LogP) is 0.646. The molecule has 1 aromatic carbocycles. The Morgan fingerprint density at radius 3 is 2.64 bits per heavy atom. The van der Waals surface area contributed by atoms with Gasteiger partial charge in [-0.15, -0.1) is 0 Å². The third-order valence-corrected chi connectivity index (χ3v) is 1.88. The molecule has 0 aliphatic rings. The van der Waals surface area contributed by atoms with E-state index < -0.39 is 16.9 Å². The van der Waals surface area contributed by atoms with Crippen LogP contribution in [0.25, 0.3) is 0 Å². The van der Waals surface area contributed by atoms with Crippen molar-refractivity contribution in [1.82, 2.24) is 0 Å². The van der Waals surface area contributed by atoms with Gasteiger partial charge in [0.15, 0.2) is 0 Å². The van der Waals surface area contributed by atoms with Crippen LogP contribution in [-0.4, -0.2) is 8.76 Å². The quantitative estimate of drug-likeness (QED) is 0.502. The fourth-order valence-corrected chi connectivity index (χ4v) is 1.10. The standard InChI is InChI=1S/C6H6FNO2S/c7-4-1-2-6(11(9)10)5(8)3-4/h1-3H,8H2,(H,9,10)/p-1. The zero-order valence-corrected chi connectivity index (χ0v) is 6.23. The van der Waals surface area contributed by atoms with Crippen molar-refractivity contribution in [3.8, 4) is 0 Å². The van der Waals surface area contributed by atoms with Crippen molar-refractivity contribution in [3.63, 3.8) is 0 Å². The van der Waals surface area contributed by atoms with Crippen molar-refractivity contribution in [3.05, 3.63) is 24.0 Å². The first-order valence-corrected chi connectivity index (χ1v) is 3.83. The van der Waals surface area contributed by atoms with Crippen LogP contribution in [-0.2, 0) is 11.1 Å². The lowest BCUT2D eigenvalue weighted by molar-refractivity contribution is 0.537. The zero-order chi connectivity index (χ0) is 8.43. The van der Waals surface area contributed by atoms with E-state index in [1.165, 1.54) is 0 Å². The van der Waals surface area contributed by atoms with E-state index in [2.05, 4.69) is 0 Å². The number of benzene rings is 1. The van der Waals surface area contributed by atoms with Crippen molar-refractivity contribution >= 4 is 16.8 Å². The highest BCUT2D eigenvalue weighted by Gasteiger charge is 1.99.